The monoisotopic (exact) mass is 338 g/mol. The fraction of sp³-hybridized carbons (Fsp3) is 0.211. The average Bonchev–Trinajstić information content (AvgIpc) is 3.03. The Morgan fingerprint density at radius 2 is 1.75 bits per heavy atom. The molecule has 5 heteroatoms. The molecule has 0 bridgehead atoms. The second-order valence-electron chi connectivity index (χ2n) is 5.68. The highest BCUT2D eigenvalue weighted by Gasteiger charge is 2.20. The molecule has 24 heavy (non-hydrogen) atoms. The molecule has 0 saturated heterocycles. The van der Waals surface area contributed by atoms with Crippen molar-refractivity contribution < 1.29 is 9.21 Å². The molecule has 0 amide bonds. The quantitative estimate of drug-likeness (QED) is 0.498. The van der Waals surface area contributed by atoms with Crippen molar-refractivity contribution in [1.29, 1.82) is 0 Å². The van der Waals surface area contributed by atoms with Crippen LogP contribution in [0.3, 0.4) is 0 Å². The molecule has 3 aromatic rings. The van der Waals surface area contributed by atoms with Gasteiger partial charge in [0.1, 0.15) is 0 Å². The van der Waals surface area contributed by atoms with Crippen molar-refractivity contribution in [3.8, 4) is 11.5 Å². The maximum absolute atomic E-state index is 12.5. The summed E-state index contributed by atoms with van der Waals surface area (Å²) in [5, 5.41) is 8.26. The number of carbonyl (C=O) groups excluding carboxylic acids is 1. The van der Waals surface area contributed by atoms with Crippen molar-refractivity contribution in [3.63, 3.8) is 0 Å². The van der Waals surface area contributed by atoms with E-state index in [2.05, 4.69) is 10.2 Å². The largest absolute Gasteiger partial charge is 0.411 e. The Hall–Kier alpha value is -2.40. The Balaban J connectivity index is 1.73. The Bertz CT molecular complexity index is 856. The molecular formula is C19H18N2O2S. The highest BCUT2D eigenvalue weighted by Crippen LogP contribution is 2.29. The third kappa shape index (κ3) is 3.57. The predicted molar refractivity (Wildman–Crippen MR) is 95.3 cm³/mol. The number of aryl methyl sites for hydroxylation is 2. The number of rotatable bonds is 5. The lowest BCUT2D eigenvalue weighted by molar-refractivity contribution is 0.0993. The van der Waals surface area contributed by atoms with Crippen molar-refractivity contribution in [2.75, 3.05) is 0 Å². The minimum absolute atomic E-state index is 0.0515. The minimum atomic E-state index is -0.294. The third-order valence-corrected chi connectivity index (χ3v) is 4.70. The molecule has 0 aliphatic carbocycles. The van der Waals surface area contributed by atoms with Crippen LogP contribution in [0.15, 0.2) is 58.2 Å². The Labute approximate surface area is 145 Å². The molecule has 0 aliphatic heterocycles. The van der Waals surface area contributed by atoms with Gasteiger partial charge in [0.05, 0.1) is 5.25 Å². The Morgan fingerprint density at radius 1 is 1.04 bits per heavy atom. The standard InChI is InChI=1S/C19H18N2O2S/c1-12-8-10-15(11-9-12)17(22)14(3)24-19-21-20-18(23-19)16-7-5-4-6-13(16)2/h4-11,14H,1-3H3. The molecule has 0 radical (unpaired) electrons. The molecule has 0 spiro atoms. The van der Waals surface area contributed by atoms with Gasteiger partial charge in [-0.2, -0.15) is 0 Å². The molecule has 1 atom stereocenters. The van der Waals surface area contributed by atoms with Crippen molar-refractivity contribution >= 4 is 17.5 Å². The van der Waals surface area contributed by atoms with Crippen LogP contribution in [0.25, 0.3) is 11.5 Å². The molecular weight excluding hydrogens is 320 g/mol. The van der Waals surface area contributed by atoms with E-state index in [9.17, 15) is 4.79 Å². The molecule has 1 aromatic heterocycles. The van der Waals surface area contributed by atoms with Gasteiger partial charge in [0.2, 0.25) is 5.89 Å². The van der Waals surface area contributed by atoms with Gasteiger partial charge in [0.25, 0.3) is 5.22 Å². The van der Waals surface area contributed by atoms with E-state index in [1.165, 1.54) is 11.8 Å². The van der Waals surface area contributed by atoms with Crippen LogP contribution in [0.2, 0.25) is 0 Å². The van der Waals surface area contributed by atoms with Crippen LogP contribution < -0.4 is 0 Å². The van der Waals surface area contributed by atoms with Crippen molar-refractivity contribution in [2.24, 2.45) is 0 Å². The summed E-state index contributed by atoms with van der Waals surface area (Å²) < 4.78 is 5.71. The molecule has 0 aliphatic rings. The smallest absolute Gasteiger partial charge is 0.277 e. The number of Topliss-reactive ketones (excluding diaryl/α,β-unsaturated/α-hetero) is 1. The van der Waals surface area contributed by atoms with E-state index in [1.807, 2.05) is 69.3 Å². The molecule has 2 aromatic carbocycles. The summed E-state index contributed by atoms with van der Waals surface area (Å²) >= 11 is 1.28. The summed E-state index contributed by atoms with van der Waals surface area (Å²) in [6, 6.07) is 15.4. The zero-order valence-electron chi connectivity index (χ0n) is 13.8. The van der Waals surface area contributed by atoms with Crippen LogP contribution in [0.4, 0.5) is 0 Å². The van der Waals surface area contributed by atoms with Gasteiger partial charge in [-0.3, -0.25) is 4.79 Å². The number of aromatic nitrogens is 2. The summed E-state index contributed by atoms with van der Waals surface area (Å²) in [4.78, 5) is 12.5. The zero-order valence-corrected chi connectivity index (χ0v) is 14.6. The number of hydrogen-bond donors (Lipinski definition) is 0. The summed E-state index contributed by atoms with van der Waals surface area (Å²) in [6.45, 7) is 5.85. The number of hydrogen-bond acceptors (Lipinski definition) is 5. The van der Waals surface area contributed by atoms with Crippen LogP contribution in [-0.4, -0.2) is 21.2 Å². The van der Waals surface area contributed by atoms with E-state index in [4.69, 9.17) is 4.42 Å². The summed E-state index contributed by atoms with van der Waals surface area (Å²) in [7, 11) is 0. The van der Waals surface area contributed by atoms with E-state index >= 15 is 0 Å². The van der Waals surface area contributed by atoms with Crippen LogP contribution in [0, 0.1) is 13.8 Å². The Kier molecular flexibility index (Phi) is 4.81. The minimum Gasteiger partial charge on any atom is -0.411 e. The lowest BCUT2D eigenvalue weighted by Gasteiger charge is -2.07. The summed E-state index contributed by atoms with van der Waals surface area (Å²) in [5.41, 5.74) is 3.81. The first-order valence-corrected chi connectivity index (χ1v) is 8.59. The van der Waals surface area contributed by atoms with Crippen molar-refractivity contribution in [1.82, 2.24) is 10.2 Å². The first-order valence-electron chi connectivity index (χ1n) is 7.71. The first-order chi connectivity index (χ1) is 11.5. The SMILES string of the molecule is Cc1ccc(C(=O)C(C)Sc2nnc(-c3ccccc3C)o2)cc1. The van der Waals surface area contributed by atoms with Gasteiger partial charge in [-0.1, -0.05) is 59.8 Å². The second-order valence-corrected chi connectivity index (χ2v) is 6.97. The van der Waals surface area contributed by atoms with E-state index in [0.717, 1.165) is 16.7 Å². The van der Waals surface area contributed by atoms with Gasteiger partial charge < -0.3 is 4.42 Å². The van der Waals surface area contributed by atoms with E-state index in [1.54, 1.807) is 0 Å². The first kappa shape index (κ1) is 16.5. The highest BCUT2D eigenvalue weighted by molar-refractivity contribution is 8.00. The molecule has 1 unspecified atom stereocenters. The molecule has 0 saturated carbocycles. The van der Waals surface area contributed by atoms with E-state index < -0.39 is 0 Å². The fourth-order valence-corrected chi connectivity index (χ4v) is 3.10. The number of carbonyl (C=O) groups is 1. The molecule has 1 heterocycles. The number of thioether (sulfide) groups is 1. The fourth-order valence-electron chi connectivity index (χ4n) is 2.34. The maximum atomic E-state index is 12.5. The molecule has 122 valence electrons. The van der Waals surface area contributed by atoms with Crippen molar-refractivity contribution in [2.45, 2.75) is 31.2 Å². The van der Waals surface area contributed by atoms with Crippen molar-refractivity contribution in [3.05, 3.63) is 65.2 Å². The lowest BCUT2D eigenvalue weighted by Crippen LogP contribution is -2.13. The maximum Gasteiger partial charge on any atom is 0.277 e. The lowest BCUT2D eigenvalue weighted by atomic mass is 10.1. The van der Waals surface area contributed by atoms with Gasteiger partial charge in [-0.15, -0.1) is 10.2 Å². The van der Waals surface area contributed by atoms with Crippen LogP contribution >= 0.6 is 11.8 Å². The van der Waals surface area contributed by atoms with E-state index in [0.29, 0.717) is 16.7 Å². The van der Waals surface area contributed by atoms with Gasteiger partial charge in [-0.25, -0.2) is 0 Å². The van der Waals surface area contributed by atoms with Gasteiger partial charge in [-0.05, 0) is 32.4 Å². The van der Waals surface area contributed by atoms with Gasteiger partial charge >= 0.3 is 0 Å². The van der Waals surface area contributed by atoms with Crippen LogP contribution in [-0.2, 0) is 0 Å². The zero-order chi connectivity index (χ0) is 17.1. The van der Waals surface area contributed by atoms with Gasteiger partial charge in [0, 0.05) is 11.1 Å². The van der Waals surface area contributed by atoms with Crippen LogP contribution in [0.1, 0.15) is 28.4 Å². The highest BCUT2D eigenvalue weighted by atomic mass is 32.2. The number of nitrogens with zero attached hydrogens (tertiary/aromatic N) is 2. The topological polar surface area (TPSA) is 56.0 Å². The average molecular weight is 338 g/mol. The number of ketones is 1. The molecule has 0 N–H and O–H groups in total. The molecule has 4 nitrogen and oxygen atoms in total. The molecule has 0 fully saturated rings. The normalized spacial score (nSPS) is 12.1. The van der Waals surface area contributed by atoms with Crippen LogP contribution in [0.5, 0.6) is 0 Å². The Morgan fingerprint density at radius 3 is 2.46 bits per heavy atom. The van der Waals surface area contributed by atoms with E-state index in [-0.39, 0.29) is 11.0 Å². The second kappa shape index (κ2) is 7.01. The predicted octanol–water partition coefficient (Wildman–Crippen LogP) is 4.72. The molecule has 3 rings (SSSR count). The summed E-state index contributed by atoms with van der Waals surface area (Å²) in [6.07, 6.45) is 0. The number of benzene rings is 2. The summed E-state index contributed by atoms with van der Waals surface area (Å²) in [5.74, 6) is 0.529. The van der Waals surface area contributed by atoms with Gasteiger partial charge in [0.15, 0.2) is 5.78 Å². The third-order valence-electron chi connectivity index (χ3n) is 3.76.